The average molecular weight is 434 g/mol. The smallest absolute Gasteiger partial charge is 0.234 e. The van der Waals surface area contributed by atoms with E-state index in [0.29, 0.717) is 11.0 Å². The Morgan fingerprint density at radius 3 is 2.58 bits per heavy atom. The van der Waals surface area contributed by atoms with E-state index in [1.807, 2.05) is 68.8 Å². The summed E-state index contributed by atoms with van der Waals surface area (Å²) in [4.78, 5) is 16.9. The highest BCUT2D eigenvalue weighted by molar-refractivity contribution is 7.99. The van der Waals surface area contributed by atoms with Crippen LogP contribution in [0.25, 0.3) is 17.1 Å². The zero-order valence-electron chi connectivity index (χ0n) is 17.8. The Bertz CT molecular complexity index is 1230. The van der Waals surface area contributed by atoms with Crippen LogP contribution in [0.3, 0.4) is 0 Å². The van der Waals surface area contributed by atoms with Gasteiger partial charge in [0.05, 0.1) is 28.5 Å². The molecule has 0 radical (unpaired) electrons. The van der Waals surface area contributed by atoms with Gasteiger partial charge in [0.1, 0.15) is 0 Å². The molecule has 9 heteroatoms. The van der Waals surface area contributed by atoms with Gasteiger partial charge in [0, 0.05) is 25.0 Å². The molecule has 0 aliphatic rings. The fourth-order valence-corrected chi connectivity index (χ4v) is 4.08. The van der Waals surface area contributed by atoms with Gasteiger partial charge in [-0.05, 0) is 44.5 Å². The fourth-order valence-electron chi connectivity index (χ4n) is 3.34. The number of hydrogen-bond acceptors (Lipinski definition) is 6. The van der Waals surface area contributed by atoms with Gasteiger partial charge in [-0.15, -0.1) is 10.2 Å². The number of para-hydroxylation sites is 1. The first-order chi connectivity index (χ1) is 15.0. The monoisotopic (exact) mass is 433 g/mol. The van der Waals surface area contributed by atoms with Crippen LogP contribution in [0.5, 0.6) is 0 Å². The molecule has 0 saturated carbocycles. The second-order valence-corrected chi connectivity index (χ2v) is 8.12. The summed E-state index contributed by atoms with van der Waals surface area (Å²) in [7, 11) is 1.86. The summed E-state index contributed by atoms with van der Waals surface area (Å²) < 4.78 is 3.73. The highest BCUT2D eigenvalue weighted by Gasteiger charge is 2.19. The molecule has 1 N–H and O–H groups in total. The van der Waals surface area contributed by atoms with Crippen LogP contribution >= 0.6 is 11.8 Å². The van der Waals surface area contributed by atoms with E-state index in [1.54, 1.807) is 17.1 Å². The van der Waals surface area contributed by atoms with E-state index >= 15 is 0 Å². The summed E-state index contributed by atoms with van der Waals surface area (Å²) in [6.45, 7) is 5.85. The van der Waals surface area contributed by atoms with Crippen molar-refractivity contribution in [1.82, 2.24) is 29.5 Å². The number of carbonyl (C=O) groups is 1. The molecule has 1 amide bonds. The number of carbonyl (C=O) groups excluding carboxylic acids is 1. The van der Waals surface area contributed by atoms with Crippen LogP contribution in [0.2, 0.25) is 0 Å². The lowest BCUT2D eigenvalue weighted by molar-refractivity contribution is -0.113. The molecular weight excluding hydrogens is 410 g/mol. The minimum absolute atomic E-state index is 0.119. The molecule has 158 valence electrons. The number of aromatic nitrogens is 6. The molecule has 3 heterocycles. The van der Waals surface area contributed by atoms with Crippen LogP contribution in [0.1, 0.15) is 17.0 Å². The molecule has 8 nitrogen and oxygen atoms in total. The number of aryl methyl sites for hydroxylation is 3. The lowest BCUT2D eigenvalue weighted by atomic mass is 10.2. The predicted molar refractivity (Wildman–Crippen MR) is 121 cm³/mol. The molecule has 3 aromatic heterocycles. The van der Waals surface area contributed by atoms with Crippen LogP contribution in [-0.4, -0.2) is 41.2 Å². The quantitative estimate of drug-likeness (QED) is 0.466. The Balaban J connectivity index is 1.62. The molecule has 0 saturated heterocycles. The second kappa shape index (κ2) is 8.73. The number of hydrogen-bond donors (Lipinski definition) is 1. The van der Waals surface area contributed by atoms with Crippen molar-refractivity contribution in [3.63, 3.8) is 0 Å². The van der Waals surface area contributed by atoms with Crippen LogP contribution in [0, 0.1) is 20.8 Å². The van der Waals surface area contributed by atoms with Crippen molar-refractivity contribution in [3.8, 4) is 17.1 Å². The van der Waals surface area contributed by atoms with Crippen molar-refractivity contribution < 1.29 is 4.79 Å². The molecule has 0 aliphatic carbocycles. The van der Waals surface area contributed by atoms with Crippen LogP contribution in [-0.2, 0) is 11.8 Å². The van der Waals surface area contributed by atoms with Crippen molar-refractivity contribution in [2.24, 2.45) is 7.05 Å². The van der Waals surface area contributed by atoms with E-state index in [1.165, 1.54) is 11.8 Å². The van der Waals surface area contributed by atoms with Crippen molar-refractivity contribution >= 4 is 23.4 Å². The maximum absolute atomic E-state index is 12.7. The van der Waals surface area contributed by atoms with Gasteiger partial charge in [-0.3, -0.25) is 19.0 Å². The molecule has 1 aromatic carbocycles. The Morgan fingerprint density at radius 2 is 1.90 bits per heavy atom. The number of pyridine rings is 1. The van der Waals surface area contributed by atoms with Gasteiger partial charge in [0.15, 0.2) is 11.0 Å². The second-order valence-electron chi connectivity index (χ2n) is 7.18. The van der Waals surface area contributed by atoms with E-state index < -0.39 is 0 Å². The molecule has 0 bridgehead atoms. The molecular formula is C22H23N7OS. The van der Waals surface area contributed by atoms with Crippen molar-refractivity contribution in [2.45, 2.75) is 25.9 Å². The molecule has 0 fully saturated rings. The number of nitrogens with zero attached hydrogens (tertiary/aromatic N) is 6. The Morgan fingerprint density at radius 1 is 1.10 bits per heavy atom. The van der Waals surface area contributed by atoms with Gasteiger partial charge >= 0.3 is 0 Å². The van der Waals surface area contributed by atoms with Crippen LogP contribution < -0.4 is 5.32 Å². The molecule has 4 rings (SSSR count). The third-order valence-corrected chi connectivity index (χ3v) is 5.94. The van der Waals surface area contributed by atoms with E-state index in [-0.39, 0.29) is 11.7 Å². The van der Waals surface area contributed by atoms with E-state index in [9.17, 15) is 4.79 Å². The number of anilines is 1. The minimum atomic E-state index is -0.119. The summed E-state index contributed by atoms with van der Waals surface area (Å²) in [5, 5.41) is 16.7. The maximum atomic E-state index is 12.7. The van der Waals surface area contributed by atoms with E-state index in [0.717, 1.165) is 33.9 Å². The lowest BCUT2D eigenvalue weighted by Gasteiger charge is -2.12. The third kappa shape index (κ3) is 4.22. The largest absolute Gasteiger partial charge is 0.322 e. The summed E-state index contributed by atoms with van der Waals surface area (Å²) in [6, 6.07) is 11.8. The predicted octanol–water partition coefficient (Wildman–Crippen LogP) is 3.72. The average Bonchev–Trinajstić information content (AvgIpc) is 3.29. The molecule has 0 atom stereocenters. The van der Waals surface area contributed by atoms with E-state index in [2.05, 4.69) is 25.6 Å². The van der Waals surface area contributed by atoms with Crippen LogP contribution in [0.15, 0.2) is 53.9 Å². The van der Waals surface area contributed by atoms with Gasteiger partial charge in [0.25, 0.3) is 0 Å². The van der Waals surface area contributed by atoms with E-state index in [4.69, 9.17) is 0 Å². The zero-order valence-corrected chi connectivity index (χ0v) is 18.6. The van der Waals surface area contributed by atoms with Crippen molar-refractivity contribution in [3.05, 3.63) is 65.7 Å². The van der Waals surface area contributed by atoms with Gasteiger partial charge < -0.3 is 5.32 Å². The van der Waals surface area contributed by atoms with Gasteiger partial charge in [-0.25, -0.2) is 0 Å². The van der Waals surface area contributed by atoms with Gasteiger partial charge in [-0.1, -0.05) is 30.0 Å². The summed E-state index contributed by atoms with van der Waals surface area (Å²) >= 11 is 1.34. The lowest BCUT2D eigenvalue weighted by Crippen LogP contribution is -2.15. The molecule has 31 heavy (non-hydrogen) atoms. The third-order valence-electron chi connectivity index (χ3n) is 5.02. The molecule has 0 aliphatic heterocycles. The Hall–Kier alpha value is -3.46. The molecule has 0 spiro atoms. The Labute approximate surface area is 184 Å². The number of benzene rings is 1. The first kappa shape index (κ1) is 20.8. The summed E-state index contributed by atoms with van der Waals surface area (Å²) in [6.07, 6.45) is 3.48. The molecule has 4 aromatic rings. The number of amides is 1. The minimum Gasteiger partial charge on any atom is -0.322 e. The first-order valence-corrected chi connectivity index (χ1v) is 10.8. The SMILES string of the molecule is Cc1ccccc1-n1c(SCC(=O)Nc2c(C)nn(C)c2C)nnc1-c1cccnc1. The maximum Gasteiger partial charge on any atom is 0.234 e. The van der Waals surface area contributed by atoms with Gasteiger partial charge in [0.2, 0.25) is 5.91 Å². The Kier molecular flexibility index (Phi) is 5.85. The first-order valence-electron chi connectivity index (χ1n) is 9.80. The topological polar surface area (TPSA) is 90.5 Å². The number of rotatable bonds is 6. The van der Waals surface area contributed by atoms with Gasteiger partial charge in [-0.2, -0.15) is 5.10 Å². The highest BCUT2D eigenvalue weighted by Crippen LogP contribution is 2.29. The van der Waals surface area contributed by atoms with Crippen molar-refractivity contribution in [2.75, 3.05) is 11.1 Å². The number of thioether (sulfide) groups is 1. The van der Waals surface area contributed by atoms with Crippen LogP contribution in [0.4, 0.5) is 5.69 Å². The van der Waals surface area contributed by atoms with Crippen molar-refractivity contribution in [1.29, 1.82) is 0 Å². The summed E-state index contributed by atoms with van der Waals surface area (Å²) in [5.74, 6) is 0.765. The highest BCUT2D eigenvalue weighted by atomic mass is 32.2. The normalized spacial score (nSPS) is 11.0. The fraction of sp³-hybridized carbons (Fsp3) is 0.227. The summed E-state index contributed by atoms with van der Waals surface area (Å²) in [5.41, 5.74) is 5.37. The standard InChI is InChI=1S/C22H23N7OS/c1-14-8-5-6-10-18(14)29-21(17-9-7-11-23-12-17)25-26-22(29)31-13-19(30)24-20-15(2)27-28(4)16(20)3/h5-12H,13H2,1-4H3,(H,24,30). The number of nitrogens with one attached hydrogen (secondary N) is 1. The zero-order chi connectivity index (χ0) is 22.0. The molecule has 0 unspecified atom stereocenters.